The van der Waals surface area contributed by atoms with Gasteiger partial charge in [-0.15, -0.1) is 0 Å². The molecule has 2 aromatic rings. The molecule has 0 aliphatic heterocycles. The van der Waals surface area contributed by atoms with Crippen molar-refractivity contribution in [3.8, 4) is 0 Å². The van der Waals surface area contributed by atoms with Crippen molar-refractivity contribution >= 4 is 16.9 Å². The fraction of sp³-hybridized carbons (Fsp3) is 0.542. The van der Waals surface area contributed by atoms with Gasteiger partial charge in [0.05, 0.1) is 13.2 Å². The third-order valence-corrected chi connectivity index (χ3v) is 4.86. The zero-order valence-corrected chi connectivity index (χ0v) is 16.8. The van der Waals surface area contributed by atoms with E-state index < -0.39 is 6.16 Å². The van der Waals surface area contributed by atoms with Crippen LogP contribution in [0.15, 0.2) is 42.5 Å². The minimum atomic E-state index is -0.522. The number of hydrogen-bond donors (Lipinski definition) is 0. The van der Waals surface area contributed by atoms with Crippen LogP contribution in [0.25, 0.3) is 10.8 Å². The van der Waals surface area contributed by atoms with Gasteiger partial charge in [0.2, 0.25) is 0 Å². The molecule has 0 heterocycles. The van der Waals surface area contributed by atoms with Crippen LogP contribution in [0.5, 0.6) is 0 Å². The van der Waals surface area contributed by atoms with E-state index in [0.717, 1.165) is 32.1 Å². The summed E-state index contributed by atoms with van der Waals surface area (Å²) in [6, 6.07) is 15.0. The molecule has 0 saturated heterocycles. The first kappa shape index (κ1) is 21.3. The highest BCUT2D eigenvalue weighted by molar-refractivity contribution is 5.82. The molecule has 3 nitrogen and oxygen atoms in total. The van der Waals surface area contributed by atoms with Crippen LogP contribution < -0.4 is 0 Å². The van der Waals surface area contributed by atoms with Crippen LogP contribution in [0.1, 0.15) is 70.3 Å². The van der Waals surface area contributed by atoms with Crippen LogP contribution in [-0.4, -0.2) is 19.4 Å². The molecule has 3 heteroatoms. The maximum absolute atomic E-state index is 11.6. The van der Waals surface area contributed by atoms with Gasteiger partial charge >= 0.3 is 6.16 Å². The fourth-order valence-corrected chi connectivity index (χ4v) is 3.24. The molecular weight excluding hydrogens is 336 g/mol. The summed E-state index contributed by atoms with van der Waals surface area (Å²) in [7, 11) is 0. The second kappa shape index (κ2) is 13.2. The van der Waals surface area contributed by atoms with E-state index in [1.165, 1.54) is 48.4 Å². The van der Waals surface area contributed by atoms with Crippen molar-refractivity contribution in [2.24, 2.45) is 0 Å². The molecule has 2 aromatic carbocycles. The van der Waals surface area contributed by atoms with Crippen LogP contribution in [0.4, 0.5) is 4.79 Å². The number of rotatable bonds is 13. The first-order chi connectivity index (χ1) is 13.3. The Kier molecular flexibility index (Phi) is 10.4. The zero-order valence-electron chi connectivity index (χ0n) is 16.8. The number of hydrogen-bond acceptors (Lipinski definition) is 3. The third kappa shape index (κ3) is 8.94. The number of fused-ring (bicyclic) bond motifs is 1. The SMILES string of the molecule is CCCCCCCCCOC(=O)OCCCCc1ccc2ccccc2c1. The smallest absolute Gasteiger partial charge is 0.434 e. The van der Waals surface area contributed by atoms with Gasteiger partial charge in [0.15, 0.2) is 0 Å². The van der Waals surface area contributed by atoms with Gasteiger partial charge in [-0.3, -0.25) is 0 Å². The number of carbonyl (C=O) groups is 1. The molecule has 0 aromatic heterocycles. The molecule has 0 radical (unpaired) electrons. The van der Waals surface area contributed by atoms with Crippen LogP contribution in [0, 0.1) is 0 Å². The maximum Gasteiger partial charge on any atom is 0.508 e. The number of benzene rings is 2. The lowest BCUT2D eigenvalue weighted by atomic mass is 10.0. The van der Waals surface area contributed by atoms with Crippen molar-refractivity contribution in [2.45, 2.75) is 71.1 Å². The first-order valence-corrected chi connectivity index (χ1v) is 10.6. The highest BCUT2D eigenvalue weighted by Gasteiger charge is 2.03. The predicted molar refractivity (Wildman–Crippen MR) is 112 cm³/mol. The average Bonchev–Trinajstić information content (AvgIpc) is 2.69. The quantitative estimate of drug-likeness (QED) is 0.279. The van der Waals surface area contributed by atoms with E-state index >= 15 is 0 Å². The van der Waals surface area contributed by atoms with Gasteiger partial charge in [-0.1, -0.05) is 87.9 Å². The summed E-state index contributed by atoms with van der Waals surface area (Å²) in [5.41, 5.74) is 1.33. The van der Waals surface area contributed by atoms with Crippen molar-refractivity contribution in [1.29, 1.82) is 0 Å². The Labute approximate surface area is 164 Å². The second-order valence-corrected chi connectivity index (χ2v) is 7.21. The highest BCUT2D eigenvalue weighted by atomic mass is 16.7. The lowest BCUT2D eigenvalue weighted by molar-refractivity contribution is 0.0530. The minimum absolute atomic E-state index is 0.434. The van der Waals surface area contributed by atoms with E-state index in [1.54, 1.807) is 0 Å². The van der Waals surface area contributed by atoms with Crippen LogP contribution in [0.3, 0.4) is 0 Å². The summed E-state index contributed by atoms with van der Waals surface area (Å²) in [5, 5.41) is 2.55. The van der Waals surface area contributed by atoms with E-state index in [-0.39, 0.29) is 0 Å². The van der Waals surface area contributed by atoms with Gasteiger partial charge in [-0.25, -0.2) is 4.79 Å². The van der Waals surface area contributed by atoms with Crippen LogP contribution in [-0.2, 0) is 15.9 Å². The minimum Gasteiger partial charge on any atom is -0.434 e. The summed E-state index contributed by atoms with van der Waals surface area (Å²) < 4.78 is 10.3. The summed E-state index contributed by atoms with van der Waals surface area (Å²) in [6.07, 6.45) is 10.8. The predicted octanol–water partition coefficient (Wildman–Crippen LogP) is 7.07. The summed E-state index contributed by atoms with van der Waals surface area (Å²) >= 11 is 0. The molecule has 0 spiro atoms. The van der Waals surface area contributed by atoms with Crippen molar-refractivity contribution in [2.75, 3.05) is 13.2 Å². The van der Waals surface area contributed by atoms with E-state index in [4.69, 9.17) is 9.47 Å². The molecule has 0 amide bonds. The molecular formula is C24H34O3. The van der Waals surface area contributed by atoms with E-state index in [1.807, 2.05) is 0 Å². The third-order valence-electron chi connectivity index (χ3n) is 4.86. The maximum atomic E-state index is 11.6. The Hall–Kier alpha value is -2.03. The topological polar surface area (TPSA) is 35.5 Å². The molecule has 0 N–H and O–H groups in total. The average molecular weight is 371 g/mol. The summed E-state index contributed by atoms with van der Waals surface area (Å²) in [6.45, 7) is 3.13. The Morgan fingerprint density at radius 2 is 1.37 bits per heavy atom. The largest absolute Gasteiger partial charge is 0.508 e. The van der Waals surface area contributed by atoms with Gasteiger partial charge in [-0.2, -0.15) is 0 Å². The zero-order chi connectivity index (χ0) is 19.2. The molecule has 0 fully saturated rings. The summed E-state index contributed by atoms with van der Waals surface area (Å²) in [5.74, 6) is 0. The standard InChI is InChI=1S/C24H34O3/c1-2-3-4-5-6-7-11-18-26-24(25)27-19-12-10-13-21-16-17-22-14-8-9-15-23(22)20-21/h8-9,14-17,20H,2-7,10-13,18-19H2,1H3. The molecule has 0 unspecified atom stereocenters. The van der Waals surface area contributed by atoms with Gasteiger partial charge in [0.25, 0.3) is 0 Å². The molecule has 0 saturated carbocycles. The van der Waals surface area contributed by atoms with Crippen molar-refractivity contribution in [3.05, 3.63) is 48.0 Å². The van der Waals surface area contributed by atoms with Crippen molar-refractivity contribution < 1.29 is 14.3 Å². The van der Waals surface area contributed by atoms with Crippen molar-refractivity contribution in [1.82, 2.24) is 0 Å². The number of ether oxygens (including phenoxy) is 2. The number of carbonyl (C=O) groups excluding carboxylic acids is 1. The Balaban J connectivity index is 1.46. The molecule has 0 atom stereocenters. The fourth-order valence-electron chi connectivity index (χ4n) is 3.24. The first-order valence-electron chi connectivity index (χ1n) is 10.6. The van der Waals surface area contributed by atoms with Crippen LogP contribution in [0.2, 0.25) is 0 Å². The van der Waals surface area contributed by atoms with Gasteiger partial charge in [-0.05, 0) is 42.0 Å². The molecule has 27 heavy (non-hydrogen) atoms. The normalized spacial score (nSPS) is 10.9. The number of aryl methyl sites for hydroxylation is 1. The van der Waals surface area contributed by atoms with E-state index in [9.17, 15) is 4.79 Å². The molecule has 0 aliphatic carbocycles. The van der Waals surface area contributed by atoms with Crippen LogP contribution >= 0.6 is 0 Å². The van der Waals surface area contributed by atoms with Gasteiger partial charge in [0, 0.05) is 0 Å². The molecule has 148 valence electrons. The Morgan fingerprint density at radius 3 is 2.11 bits per heavy atom. The lowest BCUT2D eigenvalue weighted by Gasteiger charge is -2.07. The van der Waals surface area contributed by atoms with Gasteiger partial charge < -0.3 is 9.47 Å². The Morgan fingerprint density at radius 1 is 0.741 bits per heavy atom. The molecule has 0 bridgehead atoms. The highest BCUT2D eigenvalue weighted by Crippen LogP contribution is 2.17. The lowest BCUT2D eigenvalue weighted by Crippen LogP contribution is -2.09. The monoisotopic (exact) mass is 370 g/mol. The molecule has 2 rings (SSSR count). The number of unbranched alkanes of at least 4 members (excludes halogenated alkanes) is 7. The second-order valence-electron chi connectivity index (χ2n) is 7.21. The van der Waals surface area contributed by atoms with Gasteiger partial charge in [0.1, 0.15) is 0 Å². The Bertz CT molecular complexity index is 665. The van der Waals surface area contributed by atoms with Crippen molar-refractivity contribution in [3.63, 3.8) is 0 Å². The summed E-state index contributed by atoms with van der Waals surface area (Å²) in [4.78, 5) is 11.6. The van der Waals surface area contributed by atoms with E-state index in [2.05, 4.69) is 49.4 Å². The molecule has 0 aliphatic rings. The van der Waals surface area contributed by atoms with E-state index in [0.29, 0.717) is 13.2 Å².